The summed E-state index contributed by atoms with van der Waals surface area (Å²) in [7, 11) is 0. The molecule has 1 aromatic carbocycles. The van der Waals surface area contributed by atoms with E-state index in [1.165, 1.54) is 18.2 Å². The smallest absolute Gasteiger partial charge is 0.377 e. The van der Waals surface area contributed by atoms with E-state index in [0.717, 1.165) is 18.9 Å². The van der Waals surface area contributed by atoms with Crippen LogP contribution in [0.15, 0.2) is 24.3 Å². The SMILES string of the molecule is CC1(C)C2OCCCC2C1(N)C(=O)NCc1ccccc1C(F)(F)F. The largest absolute Gasteiger partial charge is 0.416 e. The maximum atomic E-state index is 13.1. The average molecular weight is 356 g/mol. The summed E-state index contributed by atoms with van der Waals surface area (Å²) >= 11 is 0. The molecule has 3 N–H and O–H groups in total. The van der Waals surface area contributed by atoms with Crippen LogP contribution in [0.5, 0.6) is 0 Å². The molecule has 2 aliphatic rings. The zero-order valence-electron chi connectivity index (χ0n) is 14.3. The van der Waals surface area contributed by atoms with Crippen molar-refractivity contribution in [3.63, 3.8) is 0 Å². The highest BCUT2D eigenvalue weighted by atomic mass is 19.4. The fraction of sp³-hybridized carbons (Fsp3) is 0.611. The number of hydrogen-bond acceptors (Lipinski definition) is 3. The lowest BCUT2D eigenvalue weighted by Crippen LogP contribution is -2.82. The first-order chi connectivity index (χ1) is 11.6. The molecular weight excluding hydrogens is 333 g/mol. The summed E-state index contributed by atoms with van der Waals surface area (Å²) in [6, 6.07) is 5.23. The van der Waals surface area contributed by atoms with Crippen molar-refractivity contribution in [2.75, 3.05) is 6.61 Å². The quantitative estimate of drug-likeness (QED) is 0.875. The first-order valence-electron chi connectivity index (χ1n) is 8.44. The number of amides is 1. The van der Waals surface area contributed by atoms with E-state index in [2.05, 4.69) is 5.32 Å². The second kappa shape index (κ2) is 5.99. The molecule has 0 radical (unpaired) electrons. The van der Waals surface area contributed by atoms with Gasteiger partial charge in [-0.05, 0) is 24.5 Å². The van der Waals surface area contributed by atoms with E-state index in [0.29, 0.717) is 6.61 Å². The van der Waals surface area contributed by atoms with Gasteiger partial charge < -0.3 is 15.8 Å². The van der Waals surface area contributed by atoms with Gasteiger partial charge in [0.25, 0.3) is 0 Å². The van der Waals surface area contributed by atoms with Crippen LogP contribution in [0.4, 0.5) is 13.2 Å². The van der Waals surface area contributed by atoms with Gasteiger partial charge in [-0.3, -0.25) is 4.79 Å². The van der Waals surface area contributed by atoms with Crippen LogP contribution < -0.4 is 11.1 Å². The molecule has 3 unspecified atom stereocenters. The summed E-state index contributed by atoms with van der Waals surface area (Å²) in [6.45, 7) is 4.20. The van der Waals surface area contributed by atoms with Crippen molar-refractivity contribution < 1.29 is 22.7 Å². The molecule has 1 heterocycles. The Labute approximate surface area is 144 Å². The molecule has 3 atom stereocenters. The van der Waals surface area contributed by atoms with Crippen LogP contribution in [-0.2, 0) is 22.3 Å². The summed E-state index contributed by atoms with van der Waals surface area (Å²) in [5.74, 6) is -0.518. The van der Waals surface area contributed by atoms with E-state index >= 15 is 0 Å². The first-order valence-corrected chi connectivity index (χ1v) is 8.44. The summed E-state index contributed by atoms with van der Waals surface area (Å²) in [5.41, 5.74) is 4.04. The number of nitrogens with one attached hydrogen (secondary N) is 1. The number of hydrogen-bond donors (Lipinski definition) is 2. The monoisotopic (exact) mass is 356 g/mol. The zero-order valence-corrected chi connectivity index (χ0v) is 14.3. The van der Waals surface area contributed by atoms with Gasteiger partial charge in [-0.2, -0.15) is 13.2 Å². The number of carbonyl (C=O) groups excluding carboxylic acids is 1. The number of benzene rings is 1. The molecule has 0 spiro atoms. The van der Waals surface area contributed by atoms with Crippen molar-refractivity contribution in [2.45, 2.75) is 51.1 Å². The second-order valence-electron chi connectivity index (χ2n) is 7.47. The number of ether oxygens (including phenoxy) is 1. The summed E-state index contributed by atoms with van der Waals surface area (Å²) < 4.78 is 45.0. The molecule has 1 aromatic rings. The Morgan fingerprint density at radius 2 is 2.04 bits per heavy atom. The Hall–Kier alpha value is -1.60. The molecule has 1 saturated carbocycles. The van der Waals surface area contributed by atoms with Gasteiger partial charge in [-0.1, -0.05) is 32.0 Å². The highest BCUT2D eigenvalue weighted by Gasteiger charge is 2.70. The van der Waals surface area contributed by atoms with Crippen LogP contribution in [-0.4, -0.2) is 24.2 Å². The third kappa shape index (κ3) is 2.73. The molecule has 1 saturated heterocycles. The fourth-order valence-electron chi connectivity index (χ4n) is 4.31. The number of carbonyl (C=O) groups is 1. The second-order valence-corrected chi connectivity index (χ2v) is 7.47. The molecule has 7 heteroatoms. The standard InChI is InChI=1S/C18H23F3N2O2/c1-16(2)14-13(8-5-9-25-14)17(16,22)15(24)23-10-11-6-3-4-7-12(11)18(19,20)21/h3-4,6-7,13-14H,5,8-10,22H2,1-2H3,(H,23,24). The minimum atomic E-state index is -4.46. The van der Waals surface area contributed by atoms with Crippen molar-refractivity contribution in [1.29, 1.82) is 0 Å². The molecular formula is C18H23F3N2O2. The third-order valence-electron chi connectivity index (χ3n) is 5.82. The molecule has 0 bridgehead atoms. The molecule has 2 fully saturated rings. The predicted molar refractivity (Wildman–Crippen MR) is 86.5 cm³/mol. The Morgan fingerprint density at radius 3 is 2.72 bits per heavy atom. The number of alkyl halides is 3. The van der Waals surface area contributed by atoms with Gasteiger partial charge in [0, 0.05) is 24.5 Å². The van der Waals surface area contributed by atoms with Crippen LogP contribution in [0.1, 0.15) is 37.8 Å². The molecule has 1 aliphatic carbocycles. The van der Waals surface area contributed by atoms with E-state index in [1.807, 2.05) is 13.8 Å². The first kappa shape index (κ1) is 18.2. The lowest BCUT2D eigenvalue weighted by Gasteiger charge is -2.65. The van der Waals surface area contributed by atoms with E-state index in [4.69, 9.17) is 10.5 Å². The minimum Gasteiger partial charge on any atom is -0.377 e. The number of fused-ring (bicyclic) bond motifs is 1. The van der Waals surface area contributed by atoms with Crippen molar-refractivity contribution in [1.82, 2.24) is 5.32 Å². The predicted octanol–water partition coefficient (Wildman–Crippen LogP) is 2.85. The van der Waals surface area contributed by atoms with E-state index < -0.39 is 28.6 Å². The molecule has 25 heavy (non-hydrogen) atoms. The van der Waals surface area contributed by atoms with Crippen molar-refractivity contribution in [3.8, 4) is 0 Å². The Bertz CT molecular complexity index is 675. The lowest BCUT2D eigenvalue weighted by molar-refractivity contribution is -0.225. The summed E-state index contributed by atoms with van der Waals surface area (Å²) in [4.78, 5) is 12.8. The van der Waals surface area contributed by atoms with E-state index in [-0.39, 0.29) is 24.1 Å². The van der Waals surface area contributed by atoms with E-state index in [1.54, 1.807) is 0 Å². The van der Waals surface area contributed by atoms with E-state index in [9.17, 15) is 18.0 Å². The molecule has 138 valence electrons. The molecule has 3 rings (SSSR count). The van der Waals surface area contributed by atoms with Gasteiger partial charge in [0.2, 0.25) is 5.91 Å². The Morgan fingerprint density at radius 1 is 1.36 bits per heavy atom. The van der Waals surface area contributed by atoms with Gasteiger partial charge in [-0.25, -0.2) is 0 Å². The topological polar surface area (TPSA) is 64.3 Å². The van der Waals surface area contributed by atoms with Crippen LogP contribution >= 0.6 is 0 Å². The third-order valence-corrected chi connectivity index (χ3v) is 5.82. The van der Waals surface area contributed by atoms with Crippen molar-refractivity contribution in [2.24, 2.45) is 17.1 Å². The fourth-order valence-corrected chi connectivity index (χ4v) is 4.31. The zero-order chi connectivity index (χ0) is 18.5. The summed E-state index contributed by atoms with van der Waals surface area (Å²) in [6.07, 6.45) is -2.92. The molecule has 1 amide bonds. The van der Waals surface area contributed by atoms with Crippen LogP contribution in [0.3, 0.4) is 0 Å². The number of halogens is 3. The van der Waals surface area contributed by atoms with Gasteiger partial charge in [0.1, 0.15) is 5.54 Å². The van der Waals surface area contributed by atoms with Crippen LogP contribution in [0.2, 0.25) is 0 Å². The van der Waals surface area contributed by atoms with Gasteiger partial charge in [0.05, 0.1) is 11.7 Å². The van der Waals surface area contributed by atoms with Gasteiger partial charge in [0.15, 0.2) is 0 Å². The van der Waals surface area contributed by atoms with Gasteiger partial charge >= 0.3 is 6.18 Å². The maximum absolute atomic E-state index is 13.1. The Kier molecular flexibility index (Phi) is 4.36. The molecule has 0 aromatic heterocycles. The molecule has 4 nitrogen and oxygen atoms in total. The minimum absolute atomic E-state index is 0.0283. The van der Waals surface area contributed by atoms with Gasteiger partial charge in [-0.15, -0.1) is 0 Å². The van der Waals surface area contributed by atoms with Crippen molar-refractivity contribution in [3.05, 3.63) is 35.4 Å². The average Bonchev–Trinajstić information content (AvgIpc) is 2.58. The number of rotatable bonds is 3. The molecule has 1 aliphatic heterocycles. The Balaban J connectivity index is 1.76. The normalized spacial score (nSPS) is 31.0. The van der Waals surface area contributed by atoms with Crippen LogP contribution in [0, 0.1) is 11.3 Å². The highest BCUT2D eigenvalue weighted by molar-refractivity contribution is 5.89. The van der Waals surface area contributed by atoms with Crippen LogP contribution in [0.25, 0.3) is 0 Å². The van der Waals surface area contributed by atoms with Crippen molar-refractivity contribution >= 4 is 5.91 Å². The maximum Gasteiger partial charge on any atom is 0.416 e. The lowest BCUT2D eigenvalue weighted by atomic mass is 9.46. The summed E-state index contributed by atoms with van der Waals surface area (Å²) in [5, 5.41) is 2.62. The highest BCUT2D eigenvalue weighted by Crippen LogP contribution is 2.57. The number of nitrogens with two attached hydrogens (primary N) is 1.